The van der Waals surface area contributed by atoms with Crippen LogP contribution < -0.4 is 10.1 Å². The molecule has 0 saturated heterocycles. The molecule has 2 aromatic rings. The maximum atomic E-state index is 5.58. The first-order valence-electron chi connectivity index (χ1n) is 7.84. The van der Waals surface area contributed by atoms with Crippen molar-refractivity contribution in [2.24, 2.45) is 0 Å². The minimum atomic E-state index is 0.334. The minimum absolute atomic E-state index is 0.334. The fraction of sp³-hybridized carbons (Fsp3) is 0.368. The van der Waals surface area contributed by atoms with E-state index in [1.165, 1.54) is 16.7 Å². The van der Waals surface area contributed by atoms with E-state index in [0.717, 1.165) is 25.2 Å². The van der Waals surface area contributed by atoms with Crippen LogP contribution in [0.2, 0.25) is 0 Å². The Morgan fingerprint density at radius 3 is 2.67 bits per heavy atom. The summed E-state index contributed by atoms with van der Waals surface area (Å²) < 4.78 is 5.58. The van der Waals surface area contributed by atoms with Gasteiger partial charge in [-0.25, -0.2) is 0 Å². The van der Waals surface area contributed by atoms with Crippen molar-refractivity contribution in [1.82, 2.24) is 5.32 Å². The maximum Gasteiger partial charge on any atom is 0.122 e. The number of benzene rings is 2. The van der Waals surface area contributed by atoms with Gasteiger partial charge in [0.1, 0.15) is 5.75 Å². The second kappa shape index (κ2) is 6.31. The molecule has 0 bridgehead atoms. The van der Waals surface area contributed by atoms with Crippen molar-refractivity contribution in [3.05, 3.63) is 65.2 Å². The van der Waals surface area contributed by atoms with Gasteiger partial charge in [0.15, 0.2) is 0 Å². The summed E-state index contributed by atoms with van der Waals surface area (Å²) in [6.45, 7) is 5.29. The first-order chi connectivity index (χ1) is 10.3. The standard InChI is InChI=1S/C19H23NO/c1-3-18(15-7-5-4-6-8-15)20-14(2)16-9-10-19-17(13-16)11-12-21-19/h4-10,13-14,18,20H,3,11-12H2,1-2H3. The molecule has 0 spiro atoms. The first-order valence-corrected chi connectivity index (χ1v) is 7.84. The zero-order valence-electron chi connectivity index (χ0n) is 12.8. The van der Waals surface area contributed by atoms with Crippen molar-refractivity contribution >= 4 is 0 Å². The number of fused-ring (bicyclic) bond motifs is 1. The summed E-state index contributed by atoms with van der Waals surface area (Å²) in [5.74, 6) is 1.06. The third-order valence-corrected chi connectivity index (χ3v) is 4.27. The zero-order chi connectivity index (χ0) is 14.7. The third-order valence-electron chi connectivity index (χ3n) is 4.27. The Morgan fingerprint density at radius 1 is 1.10 bits per heavy atom. The molecule has 2 aromatic carbocycles. The molecule has 1 aliphatic rings. The highest BCUT2D eigenvalue weighted by Gasteiger charge is 2.17. The highest BCUT2D eigenvalue weighted by molar-refractivity contribution is 5.40. The van der Waals surface area contributed by atoms with Crippen molar-refractivity contribution in [3.8, 4) is 5.75 Å². The number of hydrogen-bond donors (Lipinski definition) is 1. The average molecular weight is 281 g/mol. The molecule has 0 aromatic heterocycles. The smallest absolute Gasteiger partial charge is 0.122 e. The van der Waals surface area contributed by atoms with E-state index >= 15 is 0 Å². The van der Waals surface area contributed by atoms with E-state index in [1.807, 2.05) is 0 Å². The third kappa shape index (κ3) is 3.11. The van der Waals surface area contributed by atoms with Gasteiger partial charge in [-0.1, -0.05) is 49.4 Å². The number of ether oxygens (including phenoxy) is 1. The molecule has 1 heterocycles. The maximum absolute atomic E-state index is 5.58. The molecule has 2 nitrogen and oxygen atoms in total. The lowest BCUT2D eigenvalue weighted by Gasteiger charge is -2.23. The van der Waals surface area contributed by atoms with Gasteiger partial charge in [0, 0.05) is 18.5 Å². The van der Waals surface area contributed by atoms with Crippen molar-refractivity contribution in [2.45, 2.75) is 38.8 Å². The van der Waals surface area contributed by atoms with Crippen LogP contribution >= 0.6 is 0 Å². The summed E-state index contributed by atoms with van der Waals surface area (Å²) in [5, 5.41) is 3.75. The van der Waals surface area contributed by atoms with E-state index < -0.39 is 0 Å². The van der Waals surface area contributed by atoms with Gasteiger partial charge in [0.05, 0.1) is 6.61 Å². The van der Waals surface area contributed by atoms with E-state index in [9.17, 15) is 0 Å². The molecule has 0 radical (unpaired) electrons. The zero-order valence-corrected chi connectivity index (χ0v) is 12.8. The molecular weight excluding hydrogens is 258 g/mol. The Bertz CT molecular complexity index is 594. The van der Waals surface area contributed by atoms with Crippen LogP contribution in [-0.2, 0) is 6.42 Å². The van der Waals surface area contributed by atoms with Gasteiger partial charge in [0.25, 0.3) is 0 Å². The van der Waals surface area contributed by atoms with Gasteiger partial charge in [-0.2, -0.15) is 0 Å². The van der Waals surface area contributed by atoms with Crippen molar-refractivity contribution in [1.29, 1.82) is 0 Å². The van der Waals surface area contributed by atoms with Gasteiger partial charge in [-0.05, 0) is 36.1 Å². The molecule has 110 valence electrons. The molecule has 2 heteroatoms. The van der Waals surface area contributed by atoms with E-state index in [1.54, 1.807) is 0 Å². The molecule has 2 unspecified atom stereocenters. The fourth-order valence-corrected chi connectivity index (χ4v) is 3.01. The average Bonchev–Trinajstić information content (AvgIpc) is 3.00. The molecule has 0 saturated carbocycles. The van der Waals surface area contributed by atoms with Crippen LogP contribution in [-0.4, -0.2) is 6.61 Å². The van der Waals surface area contributed by atoms with Crippen LogP contribution in [0.4, 0.5) is 0 Å². The van der Waals surface area contributed by atoms with Gasteiger partial charge < -0.3 is 10.1 Å². The molecule has 1 aliphatic heterocycles. The second-order valence-electron chi connectivity index (χ2n) is 5.73. The lowest BCUT2D eigenvalue weighted by molar-refractivity contribution is 0.356. The van der Waals surface area contributed by atoms with Crippen molar-refractivity contribution in [2.75, 3.05) is 6.61 Å². The quantitative estimate of drug-likeness (QED) is 0.875. The van der Waals surface area contributed by atoms with E-state index in [2.05, 4.69) is 67.7 Å². The fourth-order valence-electron chi connectivity index (χ4n) is 3.01. The molecule has 2 atom stereocenters. The predicted molar refractivity (Wildman–Crippen MR) is 86.7 cm³/mol. The van der Waals surface area contributed by atoms with Crippen LogP contribution in [0, 0.1) is 0 Å². The molecule has 0 amide bonds. The van der Waals surface area contributed by atoms with Crippen LogP contribution in [0.15, 0.2) is 48.5 Å². The lowest BCUT2D eigenvalue weighted by Crippen LogP contribution is -2.24. The Labute approximate surface area is 127 Å². The Kier molecular flexibility index (Phi) is 4.26. The SMILES string of the molecule is CCC(NC(C)c1ccc2c(c1)CCO2)c1ccccc1. The van der Waals surface area contributed by atoms with Crippen molar-refractivity contribution < 1.29 is 4.74 Å². The summed E-state index contributed by atoms with van der Waals surface area (Å²) in [7, 11) is 0. The summed E-state index contributed by atoms with van der Waals surface area (Å²) in [5.41, 5.74) is 4.04. The highest BCUT2D eigenvalue weighted by atomic mass is 16.5. The molecular formula is C19H23NO. The Morgan fingerprint density at radius 2 is 1.90 bits per heavy atom. The molecule has 3 rings (SSSR count). The summed E-state index contributed by atoms with van der Waals surface area (Å²) in [4.78, 5) is 0. The number of hydrogen-bond acceptors (Lipinski definition) is 2. The number of nitrogens with one attached hydrogen (secondary N) is 1. The van der Waals surface area contributed by atoms with Gasteiger partial charge in [-0.3, -0.25) is 0 Å². The van der Waals surface area contributed by atoms with Crippen LogP contribution in [0.1, 0.15) is 49.0 Å². The Hall–Kier alpha value is -1.80. The number of rotatable bonds is 5. The summed E-state index contributed by atoms with van der Waals surface area (Å²) in [6, 6.07) is 18.0. The highest BCUT2D eigenvalue weighted by Crippen LogP contribution is 2.29. The van der Waals surface area contributed by atoms with E-state index in [-0.39, 0.29) is 0 Å². The lowest BCUT2D eigenvalue weighted by atomic mass is 10.00. The largest absolute Gasteiger partial charge is 0.493 e. The normalized spacial score (nSPS) is 16.1. The minimum Gasteiger partial charge on any atom is -0.493 e. The van der Waals surface area contributed by atoms with E-state index in [4.69, 9.17) is 4.74 Å². The second-order valence-corrected chi connectivity index (χ2v) is 5.73. The predicted octanol–water partition coefficient (Wildman–Crippen LogP) is 4.42. The van der Waals surface area contributed by atoms with E-state index in [0.29, 0.717) is 12.1 Å². The Balaban J connectivity index is 1.74. The van der Waals surface area contributed by atoms with Crippen LogP contribution in [0.25, 0.3) is 0 Å². The van der Waals surface area contributed by atoms with Crippen molar-refractivity contribution in [3.63, 3.8) is 0 Å². The monoisotopic (exact) mass is 281 g/mol. The van der Waals surface area contributed by atoms with Crippen LogP contribution in [0.5, 0.6) is 5.75 Å². The van der Waals surface area contributed by atoms with Gasteiger partial charge in [-0.15, -0.1) is 0 Å². The van der Waals surface area contributed by atoms with Gasteiger partial charge in [0.2, 0.25) is 0 Å². The first kappa shape index (κ1) is 14.2. The molecule has 1 N–H and O–H groups in total. The molecule has 0 fully saturated rings. The molecule has 0 aliphatic carbocycles. The van der Waals surface area contributed by atoms with Gasteiger partial charge >= 0.3 is 0 Å². The molecule has 21 heavy (non-hydrogen) atoms. The summed E-state index contributed by atoms with van der Waals surface area (Å²) in [6.07, 6.45) is 2.12. The topological polar surface area (TPSA) is 21.3 Å². The summed E-state index contributed by atoms with van der Waals surface area (Å²) >= 11 is 0. The van der Waals surface area contributed by atoms with Crippen LogP contribution in [0.3, 0.4) is 0 Å².